The molecule has 4 nitrogen and oxygen atoms in total. The minimum atomic E-state index is -0.906. The topological polar surface area (TPSA) is 59.4 Å². The molecule has 2 rings (SSSR count). The van der Waals surface area contributed by atoms with Crippen molar-refractivity contribution in [1.29, 1.82) is 0 Å². The number of nitrogens with zero attached hydrogens (tertiary/aromatic N) is 1. The lowest BCUT2D eigenvalue weighted by Gasteiger charge is -2.12. The second-order valence-corrected chi connectivity index (χ2v) is 5.46. The predicted octanol–water partition coefficient (Wildman–Crippen LogP) is 2.28. The number of aryl methyl sites for hydroxylation is 2. The van der Waals surface area contributed by atoms with Crippen LogP contribution in [0.2, 0.25) is 0 Å². The number of hydrogen-bond acceptors (Lipinski definition) is 4. The number of hydrogen-bond donors (Lipinski definition) is 1. The number of rotatable bonds is 3. The molecule has 1 aliphatic rings. The largest absolute Gasteiger partial charge is 0.478 e. The van der Waals surface area contributed by atoms with Gasteiger partial charge in [-0.1, -0.05) is 11.8 Å². The van der Waals surface area contributed by atoms with Gasteiger partial charge in [-0.3, -0.25) is 0 Å². The summed E-state index contributed by atoms with van der Waals surface area (Å²) in [6, 6.07) is 1.80. The van der Waals surface area contributed by atoms with Gasteiger partial charge in [0.25, 0.3) is 0 Å². The number of carboxylic acids is 1. The highest BCUT2D eigenvalue weighted by molar-refractivity contribution is 8.00. The van der Waals surface area contributed by atoms with Gasteiger partial charge < -0.3 is 9.84 Å². The molecular weight excluding hydrogens is 238 g/mol. The summed E-state index contributed by atoms with van der Waals surface area (Å²) >= 11 is 1.52. The van der Waals surface area contributed by atoms with E-state index < -0.39 is 5.97 Å². The third-order valence-corrected chi connectivity index (χ3v) is 3.92. The van der Waals surface area contributed by atoms with Gasteiger partial charge in [0.05, 0.1) is 12.2 Å². The lowest BCUT2D eigenvalue weighted by molar-refractivity contribution is 0.0691. The Bertz CT molecular complexity index is 442. The van der Waals surface area contributed by atoms with Gasteiger partial charge in [-0.05, 0) is 31.9 Å². The summed E-state index contributed by atoms with van der Waals surface area (Å²) in [7, 11) is 0. The van der Waals surface area contributed by atoms with E-state index in [1.165, 1.54) is 11.8 Å². The Balaban J connectivity index is 2.32. The monoisotopic (exact) mass is 253 g/mol. The molecule has 1 N–H and O–H groups in total. The summed E-state index contributed by atoms with van der Waals surface area (Å²) in [4.78, 5) is 15.6. The van der Waals surface area contributed by atoms with Gasteiger partial charge in [0.15, 0.2) is 0 Å². The third kappa shape index (κ3) is 2.79. The van der Waals surface area contributed by atoms with Gasteiger partial charge in [0.2, 0.25) is 0 Å². The first-order chi connectivity index (χ1) is 8.08. The summed E-state index contributed by atoms with van der Waals surface area (Å²) in [5, 5.41) is 10.2. The number of pyridine rings is 1. The second kappa shape index (κ2) is 5.06. The highest BCUT2D eigenvalue weighted by Gasteiger charge is 2.22. The Morgan fingerprint density at radius 2 is 2.35 bits per heavy atom. The minimum Gasteiger partial charge on any atom is -0.478 e. The normalized spacial score (nSPS) is 19.5. The molecule has 0 spiro atoms. The van der Waals surface area contributed by atoms with Crippen molar-refractivity contribution < 1.29 is 14.6 Å². The minimum absolute atomic E-state index is 0.321. The second-order valence-electron chi connectivity index (χ2n) is 4.17. The molecule has 5 heteroatoms. The van der Waals surface area contributed by atoms with Gasteiger partial charge >= 0.3 is 5.97 Å². The molecule has 1 aromatic heterocycles. The fourth-order valence-electron chi connectivity index (χ4n) is 1.91. The highest BCUT2D eigenvalue weighted by Crippen LogP contribution is 2.31. The zero-order valence-electron chi connectivity index (χ0n) is 9.90. The molecule has 0 bridgehead atoms. The van der Waals surface area contributed by atoms with E-state index in [9.17, 15) is 9.90 Å². The van der Waals surface area contributed by atoms with E-state index in [2.05, 4.69) is 4.98 Å². The molecule has 0 aliphatic carbocycles. The zero-order valence-corrected chi connectivity index (χ0v) is 10.7. The quantitative estimate of drug-likeness (QED) is 0.895. The van der Waals surface area contributed by atoms with E-state index in [1.54, 1.807) is 6.07 Å². The van der Waals surface area contributed by atoms with Crippen LogP contribution in [0.5, 0.6) is 0 Å². The lowest BCUT2D eigenvalue weighted by Crippen LogP contribution is -2.09. The van der Waals surface area contributed by atoms with E-state index >= 15 is 0 Å². The Morgan fingerprint density at radius 1 is 1.59 bits per heavy atom. The maximum atomic E-state index is 11.2. The fourth-order valence-corrected chi connectivity index (χ4v) is 3.17. The molecule has 1 unspecified atom stereocenters. The lowest BCUT2D eigenvalue weighted by atomic mass is 10.1. The molecule has 0 radical (unpaired) electrons. The van der Waals surface area contributed by atoms with Crippen molar-refractivity contribution in [3.63, 3.8) is 0 Å². The molecule has 17 heavy (non-hydrogen) atoms. The van der Waals surface area contributed by atoms with Crippen LogP contribution >= 0.6 is 11.8 Å². The maximum absolute atomic E-state index is 11.2. The first-order valence-corrected chi connectivity index (χ1v) is 6.42. The fraction of sp³-hybridized carbons (Fsp3) is 0.500. The summed E-state index contributed by atoms with van der Waals surface area (Å²) < 4.78 is 5.29. The van der Waals surface area contributed by atoms with Crippen LogP contribution in [-0.2, 0) is 4.74 Å². The standard InChI is InChI=1S/C12H15NO3S/c1-7-5-8(2)13-11(10(7)12(14)15)17-9-3-4-16-6-9/h5,9H,3-4,6H2,1-2H3,(H,14,15). The average molecular weight is 253 g/mol. The maximum Gasteiger partial charge on any atom is 0.338 e. The number of carbonyl (C=O) groups is 1. The third-order valence-electron chi connectivity index (χ3n) is 2.69. The molecule has 1 aliphatic heterocycles. The molecule has 92 valence electrons. The van der Waals surface area contributed by atoms with Gasteiger partial charge in [-0.25, -0.2) is 9.78 Å². The first-order valence-electron chi connectivity index (χ1n) is 5.54. The number of ether oxygens (including phenoxy) is 1. The Morgan fingerprint density at radius 3 is 2.94 bits per heavy atom. The van der Waals surface area contributed by atoms with Crippen LogP contribution in [0.15, 0.2) is 11.1 Å². The van der Waals surface area contributed by atoms with Crippen LogP contribution in [0.25, 0.3) is 0 Å². The van der Waals surface area contributed by atoms with E-state index in [1.807, 2.05) is 13.8 Å². The smallest absolute Gasteiger partial charge is 0.338 e. The van der Waals surface area contributed by atoms with Crippen molar-refractivity contribution in [3.05, 3.63) is 22.9 Å². The van der Waals surface area contributed by atoms with Crippen molar-refractivity contribution >= 4 is 17.7 Å². The van der Waals surface area contributed by atoms with Gasteiger partial charge in [-0.2, -0.15) is 0 Å². The Hall–Kier alpha value is -1.07. The average Bonchev–Trinajstić information content (AvgIpc) is 2.68. The number of aromatic carboxylic acids is 1. The summed E-state index contributed by atoms with van der Waals surface area (Å²) in [5.41, 5.74) is 1.95. The highest BCUT2D eigenvalue weighted by atomic mass is 32.2. The molecule has 1 atom stereocenters. The number of thioether (sulfide) groups is 1. The van der Waals surface area contributed by atoms with Gasteiger partial charge in [0, 0.05) is 17.6 Å². The zero-order chi connectivity index (χ0) is 12.4. The Labute approximate surface area is 104 Å². The van der Waals surface area contributed by atoms with Gasteiger partial charge in [0.1, 0.15) is 5.03 Å². The van der Waals surface area contributed by atoms with E-state index in [-0.39, 0.29) is 0 Å². The van der Waals surface area contributed by atoms with Crippen molar-refractivity contribution in [3.8, 4) is 0 Å². The molecule has 0 amide bonds. The van der Waals surface area contributed by atoms with E-state index in [4.69, 9.17) is 4.74 Å². The van der Waals surface area contributed by atoms with Crippen LogP contribution in [0.3, 0.4) is 0 Å². The summed E-state index contributed by atoms with van der Waals surface area (Å²) in [6.45, 7) is 5.13. The van der Waals surface area contributed by atoms with Crippen molar-refractivity contribution in [2.45, 2.75) is 30.5 Å². The number of carboxylic acid groups (broad SMARTS) is 1. The van der Waals surface area contributed by atoms with Crippen LogP contribution in [0.1, 0.15) is 28.0 Å². The van der Waals surface area contributed by atoms with Crippen molar-refractivity contribution in [2.24, 2.45) is 0 Å². The van der Waals surface area contributed by atoms with Crippen molar-refractivity contribution in [1.82, 2.24) is 4.98 Å². The molecule has 0 aromatic carbocycles. The SMILES string of the molecule is Cc1cc(C)c(C(=O)O)c(SC2CCOC2)n1. The first kappa shape index (κ1) is 12.4. The van der Waals surface area contributed by atoms with Crippen LogP contribution < -0.4 is 0 Å². The van der Waals surface area contributed by atoms with E-state index in [0.717, 1.165) is 24.3 Å². The van der Waals surface area contributed by atoms with E-state index in [0.29, 0.717) is 22.4 Å². The predicted molar refractivity (Wildman–Crippen MR) is 65.8 cm³/mol. The van der Waals surface area contributed by atoms with Crippen LogP contribution in [0.4, 0.5) is 0 Å². The van der Waals surface area contributed by atoms with Crippen LogP contribution in [-0.4, -0.2) is 34.5 Å². The number of aromatic nitrogens is 1. The molecular formula is C12H15NO3S. The van der Waals surface area contributed by atoms with Crippen molar-refractivity contribution in [2.75, 3.05) is 13.2 Å². The summed E-state index contributed by atoms with van der Waals surface area (Å²) in [5.74, 6) is -0.906. The summed E-state index contributed by atoms with van der Waals surface area (Å²) in [6.07, 6.45) is 0.957. The van der Waals surface area contributed by atoms with Crippen LogP contribution in [0, 0.1) is 13.8 Å². The molecule has 2 heterocycles. The molecule has 0 saturated carbocycles. The Kier molecular flexibility index (Phi) is 3.69. The molecule has 1 aromatic rings. The molecule has 1 fully saturated rings. The molecule has 1 saturated heterocycles. The van der Waals surface area contributed by atoms with Gasteiger partial charge in [-0.15, -0.1) is 0 Å².